The maximum Gasteiger partial charge on any atom is 0.150 e. The monoisotopic (exact) mass is 175 g/mol. The molecule has 1 aromatic carbocycles. The number of rotatable bonds is 2. The second-order valence-electron chi connectivity index (χ2n) is 1.90. The SMILES string of the molecule is CONc1c(F)cccc1Cl. The summed E-state index contributed by atoms with van der Waals surface area (Å²) in [4.78, 5) is 4.52. The number of anilines is 1. The molecule has 1 N–H and O–H groups in total. The Kier molecular flexibility index (Phi) is 2.68. The van der Waals surface area contributed by atoms with E-state index in [0.717, 1.165) is 0 Å². The zero-order valence-corrected chi connectivity index (χ0v) is 6.65. The van der Waals surface area contributed by atoms with Crippen molar-refractivity contribution in [3.05, 3.63) is 29.0 Å². The summed E-state index contributed by atoms with van der Waals surface area (Å²) in [5, 5.41) is 0.298. The molecule has 0 saturated carbocycles. The van der Waals surface area contributed by atoms with Crippen LogP contribution >= 0.6 is 11.6 Å². The predicted octanol–water partition coefficient (Wildman–Crippen LogP) is 2.45. The molecule has 0 atom stereocenters. The molecule has 0 aliphatic heterocycles. The minimum absolute atomic E-state index is 0.164. The maximum absolute atomic E-state index is 12.8. The Morgan fingerprint density at radius 2 is 2.27 bits per heavy atom. The number of halogens is 2. The van der Waals surface area contributed by atoms with E-state index in [1.54, 1.807) is 6.07 Å². The van der Waals surface area contributed by atoms with Gasteiger partial charge in [0.15, 0.2) is 0 Å². The van der Waals surface area contributed by atoms with E-state index in [4.69, 9.17) is 11.6 Å². The van der Waals surface area contributed by atoms with Crippen molar-refractivity contribution in [2.45, 2.75) is 0 Å². The van der Waals surface area contributed by atoms with Crippen molar-refractivity contribution in [3.63, 3.8) is 0 Å². The number of para-hydroxylation sites is 1. The van der Waals surface area contributed by atoms with Gasteiger partial charge in [-0.05, 0) is 12.1 Å². The molecule has 0 radical (unpaired) electrons. The predicted molar refractivity (Wildman–Crippen MR) is 42.0 cm³/mol. The van der Waals surface area contributed by atoms with Gasteiger partial charge in [0.05, 0.1) is 12.1 Å². The van der Waals surface area contributed by atoms with E-state index in [1.165, 1.54) is 19.2 Å². The highest BCUT2D eigenvalue weighted by molar-refractivity contribution is 6.33. The molecule has 0 aromatic heterocycles. The summed E-state index contributed by atoms with van der Waals surface area (Å²) < 4.78 is 12.8. The molecule has 0 aliphatic carbocycles. The zero-order valence-electron chi connectivity index (χ0n) is 5.90. The van der Waals surface area contributed by atoms with Crippen LogP contribution in [0.4, 0.5) is 10.1 Å². The van der Waals surface area contributed by atoms with E-state index in [-0.39, 0.29) is 5.69 Å². The number of hydrogen-bond donors (Lipinski definition) is 1. The lowest BCUT2D eigenvalue weighted by Crippen LogP contribution is -1.98. The highest BCUT2D eigenvalue weighted by atomic mass is 35.5. The van der Waals surface area contributed by atoms with Gasteiger partial charge in [-0.25, -0.2) is 4.39 Å². The molecule has 0 saturated heterocycles. The van der Waals surface area contributed by atoms with Gasteiger partial charge in [0.25, 0.3) is 0 Å². The van der Waals surface area contributed by atoms with E-state index >= 15 is 0 Å². The molecule has 60 valence electrons. The van der Waals surface area contributed by atoms with Gasteiger partial charge in [-0.3, -0.25) is 10.3 Å². The Hall–Kier alpha value is -0.800. The summed E-state index contributed by atoms with van der Waals surface area (Å²) in [5.41, 5.74) is 2.50. The van der Waals surface area contributed by atoms with Crippen LogP contribution in [0, 0.1) is 5.82 Å². The Labute approximate surface area is 68.9 Å². The van der Waals surface area contributed by atoms with Crippen LogP contribution in [-0.4, -0.2) is 7.11 Å². The van der Waals surface area contributed by atoms with Gasteiger partial charge >= 0.3 is 0 Å². The second-order valence-corrected chi connectivity index (χ2v) is 2.31. The van der Waals surface area contributed by atoms with Gasteiger partial charge in [-0.2, -0.15) is 0 Å². The summed E-state index contributed by atoms with van der Waals surface area (Å²) in [7, 11) is 1.39. The quantitative estimate of drug-likeness (QED) is 0.698. The summed E-state index contributed by atoms with van der Waals surface area (Å²) >= 11 is 5.63. The van der Waals surface area contributed by atoms with Gasteiger partial charge in [-0.15, -0.1) is 0 Å². The van der Waals surface area contributed by atoms with Crippen LogP contribution in [0.15, 0.2) is 18.2 Å². The van der Waals surface area contributed by atoms with Crippen LogP contribution in [0.25, 0.3) is 0 Å². The molecule has 0 unspecified atom stereocenters. The minimum atomic E-state index is -0.431. The lowest BCUT2D eigenvalue weighted by molar-refractivity contribution is 0.269. The molecule has 0 aliphatic rings. The fourth-order valence-electron chi connectivity index (χ4n) is 0.697. The van der Waals surface area contributed by atoms with E-state index in [1.807, 2.05) is 0 Å². The summed E-state index contributed by atoms with van der Waals surface area (Å²) in [6.07, 6.45) is 0. The average Bonchev–Trinajstić information content (AvgIpc) is 1.97. The van der Waals surface area contributed by atoms with Gasteiger partial charge in [0.2, 0.25) is 0 Å². The fourth-order valence-corrected chi connectivity index (χ4v) is 0.899. The minimum Gasteiger partial charge on any atom is -0.279 e. The molecule has 11 heavy (non-hydrogen) atoms. The van der Waals surface area contributed by atoms with Gasteiger partial charge in [0.1, 0.15) is 11.5 Å². The highest BCUT2D eigenvalue weighted by Gasteiger charge is 2.04. The first-order valence-electron chi connectivity index (χ1n) is 2.98. The highest BCUT2D eigenvalue weighted by Crippen LogP contribution is 2.23. The van der Waals surface area contributed by atoms with Crippen LogP contribution in [0.5, 0.6) is 0 Å². The van der Waals surface area contributed by atoms with E-state index in [2.05, 4.69) is 10.3 Å². The molecule has 4 heteroatoms. The third-order valence-corrected chi connectivity index (χ3v) is 1.48. The lowest BCUT2D eigenvalue weighted by atomic mass is 10.3. The largest absolute Gasteiger partial charge is 0.279 e. The Morgan fingerprint density at radius 1 is 1.55 bits per heavy atom. The third kappa shape index (κ3) is 1.82. The van der Waals surface area contributed by atoms with Crippen LogP contribution < -0.4 is 5.48 Å². The molecule has 1 rings (SSSR count). The zero-order chi connectivity index (χ0) is 8.27. The Bertz CT molecular complexity index is 234. The molecular weight excluding hydrogens is 169 g/mol. The fraction of sp³-hybridized carbons (Fsp3) is 0.143. The van der Waals surface area contributed by atoms with Crippen molar-refractivity contribution in [1.29, 1.82) is 0 Å². The molecular formula is C7H7ClFNO. The van der Waals surface area contributed by atoms with Crippen molar-refractivity contribution in [1.82, 2.24) is 0 Å². The first-order valence-corrected chi connectivity index (χ1v) is 3.36. The van der Waals surface area contributed by atoms with Crippen LogP contribution in [-0.2, 0) is 4.84 Å². The molecule has 0 bridgehead atoms. The van der Waals surface area contributed by atoms with Crippen molar-refractivity contribution >= 4 is 17.3 Å². The topological polar surface area (TPSA) is 21.3 Å². The first-order chi connectivity index (χ1) is 5.25. The van der Waals surface area contributed by atoms with Crippen LogP contribution in [0.3, 0.4) is 0 Å². The number of nitrogens with one attached hydrogen (secondary N) is 1. The lowest BCUT2D eigenvalue weighted by Gasteiger charge is -2.05. The van der Waals surface area contributed by atoms with Crippen molar-refractivity contribution in [3.8, 4) is 0 Å². The summed E-state index contributed by atoms with van der Waals surface area (Å²) in [6.45, 7) is 0. The van der Waals surface area contributed by atoms with Crippen molar-refractivity contribution < 1.29 is 9.23 Å². The Balaban J connectivity index is 3.00. The second kappa shape index (κ2) is 3.55. The maximum atomic E-state index is 12.8. The number of hydrogen-bond acceptors (Lipinski definition) is 2. The summed E-state index contributed by atoms with van der Waals surface area (Å²) in [6, 6.07) is 4.40. The third-order valence-electron chi connectivity index (χ3n) is 1.17. The van der Waals surface area contributed by atoms with Crippen LogP contribution in [0.1, 0.15) is 0 Å². The first kappa shape index (κ1) is 8.30. The molecule has 0 amide bonds. The molecule has 2 nitrogen and oxygen atoms in total. The van der Waals surface area contributed by atoms with E-state index < -0.39 is 5.82 Å². The molecule has 0 spiro atoms. The van der Waals surface area contributed by atoms with Gasteiger partial charge in [0, 0.05) is 0 Å². The van der Waals surface area contributed by atoms with Gasteiger partial charge in [-0.1, -0.05) is 17.7 Å². The van der Waals surface area contributed by atoms with E-state index in [0.29, 0.717) is 5.02 Å². The average molecular weight is 176 g/mol. The van der Waals surface area contributed by atoms with E-state index in [9.17, 15) is 4.39 Å². The van der Waals surface area contributed by atoms with Crippen molar-refractivity contribution in [2.24, 2.45) is 0 Å². The number of benzene rings is 1. The van der Waals surface area contributed by atoms with Gasteiger partial charge < -0.3 is 0 Å². The molecule has 0 fully saturated rings. The normalized spacial score (nSPS) is 9.73. The van der Waals surface area contributed by atoms with Crippen molar-refractivity contribution in [2.75, 3.05) is 12.6 Å². The molecule has 0 heterocycles. The summed E-state index contributed by atoms with van der Waals surface area (Å²) in [5.74, 6) is -0.431. The smallest absolute Gasteiger partial charge is 0.150 e. The van der Waals surface area contributed by atoms with Crippen LogP contribution in [0.2, 0.25) is 5.02 Å². The Morgan fingerprint density at radius 3 is 2.82 bits per heavy atom. The standard InChI is InChI=1S/C7H7ClFNO/c1-11-10-7-5(8)3-2-4-6(7)9/h2-4,10H,1H3. The molecule has 1 aromatic rings.